The van der Waals surface area contributed by atoms with E-state index in [-0.39, 0.29) is 36.3 Å². The van der Waals surface area contributed by atoms with Gasteiger partial charge in [-0.2, -0.15) is 0 Å². The average molecular weight is 476 g/mol. The molecule has 4 rings (SSSR count). The molecule has 14 heteroatoms. The minimum Gasteiger partial charge on any atom is -0.406 e. The average Bonchev–Trinajstić information content (AvgIpc) is 3.28. The van der Waals surface area contributed by atoms with Crippen LogP contribution in [0.5, 0.6) is 5.75 Å². The molecule has 0 bridgehead atoms. The molecule has 0 saturated heterocycles. The molecule has 2 aromatic heterocycles. The zero-order chi connectivity index (χ0) is 24.1. The third-order valence-electron chi connectivity index (χ3n) is 4.93. The number of hydrogen-bond acceptors (Lipinski definition) is 8. The van der Waals surface area contributed by atoms with Gasteiger partial charge in [-0.15, -0.1) is 18.3 Å². The van der Waals surface area contributed by atoms with Gasteiger partial charge in [-0.05, 0) is 17.7 Å². The van der Waals surface area contributed by atoms with Crippen molar-refractivity contribution in [3.63, 3.8) is 0 Å². The van der Waals surface area contributed by atoms with E-state index < -0.39 is 12.3 Å². The van der Waals surface area contributed by atoms with Gasteiger partial charge < -0.3 is 20.3 Å². The summed E-state index contributed by atoms with van der Waals surface area (Å²) in [6.45, 7) is 0.774. The topological polar surface area (TPSA) is 138 Å². The van der Waals surface area contributed by atoms with E-state index in [1.54, 1.807) is 11.0 Å². The Morgan fingerprint density at radius 2 is 2.00 bits per heavy atom. The number of hydrogen-bond donors (Lipinski definition) is 3. The second kappa shape index (κ2) is 9.72. The number of ether oxygens (including phenoxy) is 1. The van der Waals surface area contributed by atoms with Gasteiger partial charge in [0.05, 0.1) is 24.3 Å². The molecule has 11 nitrogen and oxygen atoms in total. The first kappa shape index (κ1) is 22.9. The highest BCUT2D eigenvalue weighted by atomic mass is 19.4. The maximum Gasteiger partial charge on any atom is 0.573 e. The van der Waals surface area contributed by atoms with E-state index >= 15 is 0 Å². The minimum atomic E-state index is -4.77. The lowest BCUT2D eigenvalue weighted by molar-refractivity contribution is -0.274. The second-order valence-electron chi connectivity index (χ2n) is 7.33. The standard InChI is InChI=1S/C20H19F3N8O3/c21-20(22,23)34-14-3-1-2-12(6-14)7-25-19-26-8-13(9-27-19)18(33)24-10-17(32)31-5-4-15-16(11-31)29-30-28-15/h1-3,6,8-9H,4-5,7,10-11H2,(H,24,33)(H,25,26,27)(H,28,29,30). The van der Waals surface area contributed by atoms with Crippen LogP contribution in [0.15, 0.2) is 36.7 Å². The summed E-state index contributed by atoms with van der Waals surface area (Å²) < 4.78 is 40.9. The van der Waals surface area contributed by atoms with Gasteiger partial charge in [0.1, 0.15) is 11.4 Å². The lowest BCUT2D eigenvalue weighted by Gasteiger charge is -2.25. The quantitative estimate of drug-likeness (QED) is 0.466. The Labute approximate surface area is 190 Å². The van der Waals surface area contributed by atoms with Crippen LogP contribution in [0.1, 0.15) is 27.3 Å². The van der Waals surface area contributed by atoms with Gasteiger partial charge in [-0.3, -0.25) is 14.7 Å². The van der Waals surface area contributed by atoms with E-state index in [4.69, 9.17) is 0 Å². The van der Waals surface area contributed by atoms with E-state index in [1.165, 1.54) is 30.6 Å². The van der Waals surface area contributed by atoms with Crippen molar-refractivity contribution in [3.8, 4) is 5.75 Å². The van der Waals surface area contributed by atoms with Crippen molar-refractivity contribution in [2.45, 2.75) is 25.9 Å². The number of aromatic nitrogens is 5. The summed E-state index contributed by atoms with van der Waals surface area (Å²) in [4.78, 5) is 34.3. The lowest BCUT2D eigenvalue weighted by Crippen LogP contribution is -2.42. The zero-order valence-corrected chi connectivity index (χ0v) is 17.6. The molecule has 0 unspecified atom stereocenters. The highest BCUT2D eigenvalue weighted by molar-refractivity contribution is 5.96. The Morgan fingerprint density at radius 1 is 1.21 bits per heavy atom. The molecule has 0 fully saturated rings. The fourth-order valence-electron chi connectivity index (χ4n) is 3.26. The number of rotatable bonds is 7. The highest BCUT2D eigenvalue weighted by Crippen LogP contribution is 2.23. The van der Waals surface area contributed by atoms with Gasteiger partial charge in [0, 0.05) is 31.9 Å². The van der Waals surface area contributed by atoms with Crippen LogP contribution < -0.4 is 15.4 Å². The predicted octanol–water partition coefficient (Wildman–Crippen LogP) is 1.42. The van der Waals surface area contributed by atoms with E-state index in [2.05, 4.69) is 40.7 Å². The second-order valence-corrected chi connectivity index (χ2v) is 7.33. The molecule has 3 N–H and O–H groups in total. The maximum absolute atomic E-state index is 12.4. The third-order valence-corrected chi connectivity index (χ3v) is 4.93. The summed E-state index contributed by atoms with van der Waals surface area (Å²) in [6.07, 6.45) is -1.60. The van der Waals surface area contributed by atoms with Crippen LogP contribution in [0.25, 0.3) is 0 Å². The number of nitrogens with one attached hydrogen (secondary N) is 3. The van der Waals surface area contributed by atoms with Crippen molar-refractivity contribution in [3.05, 3.63) is 59.2 Å². The van der Waals surface area contributed by atoms with Crippen molar-refractivity contribution in [1.29, 1.82) is 0 Å². The van der Waals surface area contributed by atoms with Crippen molar-refractivity contribution in [2.24, 2.45) is 0 Å². The molecule has 3 aromatic rings. The first-order valence-electron chi connectivity index (χ1n) is 10.1. The molecule has 178 valence electrons. The van der Waals surface area contributed by atoms with Gasteiger partial charge in [0.2, 0.25) is 11.9 Å². The fourth-order valence-corrected chi connectivity index (χ4v) is 3.26. The van der Waals surface area contributed by atoms with Crippen LogP contribution >= 0.6 is 0 Å². The fraction of sp³-hybridized carbons (Fsp3) is 0.300. The smallest absolute Gasteiger partial charge is 0.406 e. The summed E-state index contributed by atoms with van der Waals surface area (Å²) in [5.41, 5.74) is 2.28. The van der Waals surface area contributed by atoms with Gasteiger partial charge in [0.15, 0.2) is 0 Å². The molecule has 1 aromatic carbocycles. The van der Waals surface area contributed by atoms with Gasteiger partial charge in [-0.25, -0.2) is 9.97 Å². The van der Waals surface area contributed by atoms with Crippen molar-refractivity contribution >= 4 is 17.8 Å². The van der Waals surface area contributed by atoms with Gasteiger partial charge in [-0.1, -0.05) is 17.3 Å². The molecule has 0 aliphatic carbocycles. The summed E-state index contributed by atoms with van der Waals surface area (Å²) in [5.74, 6) is -0.930. The third kappa shape index (κ3) is 5.96. The molecule has 2 amide bonds. The van der Waals surface area contributed by atoms with E-state index in [1.807, 2.05) is 0 Å². The Morgan fingerprint density at radius 3 is 2.76 bits per heavy atom. The Bertz CT molecular complexity index is 1170. The van der Waals surface area contributed by atoms with E-state index in [0.29, 0.717) is 30.8 Å². The van der Waals surface area contributed by atoms with Crippen LogP contribution in [-0.2, 0) is 24.3 Å². The van der Waals surface area contributed by atoms with Crippen molar-refractivity contribution < 1.29 is 27.5 Å². The highest BCUT2D eigenvalue weighted by Gasteiger charge is 2.31. The summed E-state index contributed by atoms with van der Waals surface area (Å²) in [5, 5.41) is 15.8. The molecule has 0 radical (unpaired) electrons. The Balaban J connectivity index is 1.25. The molecule has 1 aliphatic heterocycles. The monoisotopic (exact) mass is 476 g/mol. The van der Waals surface area contributed by atoms with E-state index in [0.717, 1.165) is 5.69 Å². The molecule has 34 heavy (non-hydrogen) atoms. The Hall–Kier alpha value is -4.23. The SMILES string of the molecule is O=C(NCC(=O)N1CCc2[nH]nnc2C1)c1cnc(NCc2cccc(OC(F)(F)F)c2)nc1. The molecule has 3 heterocycles. The van der Waals surface area contributed by atoms with E-state index in [9.17, 15) is 22.8 Å². The first-order chi connectivity index (χ1) is 16.3. The normalized spacial score (nSPS) is 13.2. The van der Waals surface area contributed by atoms with Crippen molar-refractivity contribution in [1.82, 2.24) is 35.6 Å². The number of fused-ring (bicyclic) bond motifs is 1. The van der Waals surface area contributed by atoms with Crippen LogP contribution in [0.2, 0.25) is 0 Å². The number of benzene rings is 1. The van der Waals surface area contributed by atoms with Crippen LogP contribution in [0.4, 0.5) is 19.1 Å². The summed E-state index contributed by atoms with van der Waals surface area (Å²) >= 11 is 0. The van der Waals surface area contributed by atoms with Crippen molar-refractivity contribution in [2.75, 3.05) is 18.4 Å². The zero-order valence-electron chi connectivity index (χ0n) is 17.6. The number of H-pyrrole nitrogens is 1. The Kier molecular flexibility index (Phi) is 6.56. The molecule has 1 aliphatic rings. The molecule has 0 atom stereocenters. The number of carbonyl (C=O) groups excluding carboxylic acids is 2. The summed E-state index contributed by atoms with van der Waals surface area (Å²) in [7, 11) is 0. The number of halogens is 3. The molecule has 0 spiro atoms. The number of nitrogens with zero attached hydrogens (tertiary/aromatic N) is 5. The number of aromatic amines is 1. The van der Waals surface area contributed by atoms with Gasteiger partial charge in [0.25, 0.3) is 5.91 Å². The number of alkyl halides is 3. The van der Waals surface area contributed by atoms with Gasteiger partial charge >= 0.3 is 6.36 Å². The lowest BCUT2D eigenvalue weighted by atomic mass is 10.1. The predicted molar refractivity (Wildman–Crippen MR) is 110 cm³/mol. The van der Waals surface area contributed by atoms with Crippen LogP contribution in [-0.4, -0.2) is 61.5 Å². The largest absolute Gasteiger partial charge is 0.573 e. The van der Waals surface area contributed by atoms with Crippen LogP contribution in [0, 0.1) is 0 Å². The van der Waals surface area contributed by atoms with Crippen LogP contribution in [0.3, 0.4) is 0 Å². The number of carbonyl (C=O) groups is 2. The molecular weight excluding hydrogens is 457 g/mol. The molecular formula is C20H19F3N8O3. The number of amides is 2. The maximum atomic E-state index is 12.4. The minimum absolute atomic E-state index is 0.137. The first-order valence-corrected chi connectivity index (χ1v) is 10.1. The summed E-state index contributed by atoms with van der Waals surface area (Å²) in [6, 6.07) is 5.48. The number of anilines is 1. The molecule has 0 saturated carbocycles.